The number of hydrogen-bond acceptors (Lipinski definition) is 4. The number of ether oxygens (including phenoxy) is 1. The lowest BCUT2D eigenvalue weighted by atomic mass is 9.93. The van der Waals surface area contributed by atoms with Crippen LogP contribution in [-0.4, -0.2) is 67.6 Å². The SMILES string of the molecule is CNC(=O)[C@H]1Cc2ccccc2CN1CC(=O)N1CCOCC1. The first-order valence-electron chi connectivity index (χ1n) is 8.07. The van der Waals surface area contributed by atoms with E-state index in [1.807, 2.05) is 21.9 Å². The van der Waals surface area contributed by atoms with Gasteiger partial charge in [-0.3, -0.25) is 14.5 Å². The summed E-state index contributed by atoms with van der Waals surface area (Å²) in [6.07, 6.45) is 0.645. The second-order valence-corrected chi connectivity index (χ2v) is 6.00. The number of nitrogens with one attached hydrogen (secondary N) is 1. The number of likely N-dealkylation sites (N-methyl/N-ethyl adjacent to an activating group) is 1. The third kappa shape index (κ3) is 3.54. The zero-order chi connectivity index (χ0) is 16.2. The molecule has 0 aromatic heterocycles. The minimum absolute atomic E-state index is 0.0331. The van der Waals surface area contributed by atoms with E-state index in [1.54, 1.807) is 7.05 Å². The lowest BCUT2D eigenvalue weighted by Crippen LogP contribution is -2.53. The largest absolute Gasteiger partial charge is 0.378 e. The second kappa shape index (κ2) is 7.10. The number of amides is 2. The Kier molecular flexibility index (Phi) is 4.93. The molecule has 1 aromatic rings. The molecule has 0 radical (unpaired) electrons. The van der Waals surface area contributed by atoms with Gasteiger partial charge in [-0.1, -0.05) is 24.3 Å². The Morgan fingerprint density at radius 2 is 1.91 bits per heavy atom. The minimum atomic E-state index is -0.292. The maximum atomic E-state index is 12.5. The van der Waals surface area contributed by atoms with Gasteiger partial charge in [0.05, 0.1) is 25.8 Å². The van der Waals surface area contributed by atoms with Crippen LogP contribution < -0.4 is 5.32 Å². The van der Waals surface area contributed by atoms with Crippen molar-refractivity contribution >= 4 is 11.8 Å². The van der Waals surface area contributed by atoms with Gasteiger partial charge in [0.1, 0.15) is 0 Å². The lowest BCUT2D eigenvalue weighted by molar-refractivity contribution is -0.138. The Labute approximate surface area is 136 Å². The van der Waals surface area contributed by atoms with Crippen molar-refractivity contribution in [2.24, 2.45) is 0 Å². The third-order valence-electron chi connectivity index (χ3n) is 4.60. The number of carbonyl (C=O) groups excluding carboxylic acids is 2. The lowest BCUT2D eigenvalue weighted by Gasteiger charge is -2.37. The molecule has 2 aliphatic rings. The van der Waals surface area contributed by atoms with Gasteiger partial charge in [0.25, 0.3) is 0 Å². The smallest absolute Gasteiger partial charge is 0.237 e. The van der Waals surface area contributed by atoms with E-state index in [0.717, 1.165) is 0 Å². The molecule has 1 saturated heterocycles. The van der Waals surface area contributed by atoms with Crippen LogP contribution in [-0.2, 0) is 27.3 Å². The van der Waals surface area contributed by atoms with Crippen molar-refractivity contribution in [3.8, 4) is 0 Å². The van der Waals surface area contributed by atoms with Crippen molar-refractivity contribution in [3.05, 3.63) is 35.4 Å². The number of carbonyl (C=O) groups is 2. The molecule has 2 aliphatic heterocycles. The summed E-state index contributed by atoms with van der Waals surface area (Å²) in [5, 5.41) is 2.72. The van der Waals surface area contributed by atoms with Crippen LogP contribution in [0.15, 0.2) is 24.3 Å². The molecule has 0 unspecified atom stereocenters. The van der Waals surface area contributed by atoms with Crippen molar-refractivity contribution in [1.29, 1.82) is 0 Å². The summed E-state index contributed by atoms with van der Waals surface area (Å²) in [7, 11) is 1.64. The highest BCUT2D eigenvalue weighted by atomic mass is 16.5. The van der Waals surface area contributed by atoms with Gasteiger partial charge in [0.15, 0.2) is 0 Å². The van der Waals surface area contributed by atoms with Gasteiger partial charge in [0, 0.05) is 26.7 Å². The average molecular weight is 317 g/mol. The monoisotopic (exact) mass is 317 g/mol. The third-order valence-corrected chi connectivity index (χ3v) is 4.60. The van der Waals surface area contributed by atoms with Crippen LogP contribution in [0, 0.1) is 0 Å². The van der Waals surface area contributed by atoms with Crippen molar-refractivity contribution in [2.45, 2.75) is 19.0 Å². The van der Waals surface area contributed by atoms with Crippen LogP contribution in [0.5, 0.6) is 0 Å². The minimum Gasteiger partial charge on any atom is -0.378 e. The Balaban J connectivity index is 1.74. The molecular formula is C17H23N3O3. The topological polar surface area (TPSA) is 61.9 Å². The number of rotatable bonds is 3. The summed E-state index contributed by atoms with van der Waals surface area (Å²) >= 11 is 0. The van der Waals surface area contributed by atoms with E-state index in [1.165, 1.54) is 11.1 Å². The molecule has 0 bridgehead atoms. The highest BCUT2D eigenvalue weighted by Crippen LogP contribution is 2.23. The first kappa shape index (κ1) is 16.0. The first-order chi connectivity index (χ1) is 11.2. The normalized spacial score (nSPS) is 21.6. The van der Waals surface area contributed by atoms with E-state index in [0.29, 0.717) is 39.3 Å². The molecule has 0 spiro atoms. The fraction of sp³-hybridized carbons (Fsp3) is 0.529. The summed E-state index contributed by atoms with van der Waals surface area (Å²) < 4.78 is 5.29. The van der Waals surface area contributed by atoms with E-state index in [-0.39, 0.29) is 24.4 Å². The maximum Gasteiger partial charge on any atom is 0.237 e. The molecule has 1 atom stereocenters. The highest BCUT2D eigenvalue weighted by Gasteiger charge is 2.33. The van der Waals surface area contributed by atoms with Crippen LogP contribution >= 0.6 is 0 Å². The molecule has 6 heteroatoms. The molecule has 124 valence electrons. The van der Waals surface area contributed by atoms with Crippen LogP contribution in [0.2, 0.25) is 0 Å². The molecule has 1 N–H and O–H groups in total. The fourth-order valence-corrected chi connectivity index (χ4v) is 3.25. The Morgan fingerprint density at radius 3 is 2.61 bits per heavy atom. The Morgan fingerprint density at radius 1 is 1.22 bits per heavy atom. The first-order valence-corrected chi connectivity index (χ1v) is 8.07. The molecule has 3 rings (SSSR count). The molecule has 1 fully saturated rings. The molecule has 2 heterocycles. The van der Waals surface area contributed by atoms with Crippen molar-refractivity contribution in [2.75, 3.05) is 39.9 Å². The van der Waals surface area contributed by atoms with Crippen molar-refractivity contribution < 1.29 is 14.3 Å². The summed E-state index contributed by atoms with van der Waals surface area (Å²) in [5.41, 5.74) is 2.39. The molecule has 6 nitrogen and oxygen atoms in total. The van der Waals surface area contributed by atoms with Gasteiger partial charge in [0.2, 0.25) is 11.8 Å². The molecular weight excluding hydrogens is 294 g/mol. The molecule has 1 aromatic carbocycles. The molecule has 23 heavy (non-hydrogen) atoms. The van der Waals surface area contributed by atoms with E-state index >= 15 is 0 Å². The average Bonchev–Trinajstić information content (AvgIpc) is 2.61. The van der Waals surface area contributed by atoms with E-state index in [9.17, 15) is 9.59 Å². The Bertz CT molecular complexity index is 584. The quantitative estimate of drug-likeness (QED) is 0.854. The van der Waals surface area contributed by atoms with Crippen LogP contribution in [0.25, 0.3) is 0 Å². The van der Waals surface area contributed by atoms with E-state index in [2.05, 4.69) is 17.4 Å². The van der Waals surface area contributed by atoms with E-state index in [4.69, 9.17) is 4.74 Å². The fourth-order valence-electron chi connectivity index (χ4n) is 3.25. The van der Waals surface area contributed by atoms with Gasteiger partial charge in [-0.2, -0.15) is 0 Å². The van der Waals surface area contributed by atoms with Crippen LogP contribution in [0.4, 0.5) is 0 Å². The predicted octanol–water partition coefficient (Wildman–Crippen LogP) is 0.0181. The van der Waals surface area contributed by atoms with Gasteiger partial charge < -0.3 is 15.0 Å². The summed E-state index contributed by atoms with van der Waals surface area (Å²) in [5.74, 6) is 0.0378. The summed E-state index contributed by atoms with van der Waals surface area (Å²) in [4.78, 5) is 28.6. The number of morpholine rings is 1. The number of hydrogen-bond donors (Lipinski definition) is 1. The van der Waals surface area contributed by atoms with Crippen LogP contribution in [0.3, 0.4) is 0 Å². The van der Waals surface area contributed by atoms with Crippen LogP contribution in [0.1, 0.15) is 11.1 Å². The molecule has 0 saturated carbocycles. The van der Waals surface area contributed by atoms with Gasteiger partial charge in [-0.15, -0.1) is 0 Å². The number of nitrogens with zero attached hydrogens (tertiary/aromatic N) is 2. The number of benzene rings is 1. The maximum absolute atomic E-state index is 12.5. The van der Waals surface area contributed by atoms with Gasteiger partial charge >= 0.3 is 0 Å². The molecule has 2 amide bonds. The molecule has 0 aliphatic carbocycles. The van der Waals surface area contributed by atoms with Crippen molar-refractivity contribution in [1.82, 2.24) is 15.1 Å². The predicted molar refractivity (Wildman–Crippen MR) is 85.8 cm³/mol. The number of fused-ring (bicyclic) bond motifs is 1. The van der Waals surface area contributed by atoms with Gasteiger partial charge in [-0.05, 0) is 17.5 Å². The zero-order valence-electron chi connectivity index (χ0n) is 13.5. The second-order valence-electron chi connectivity index (χ2n) is 6.00. The Hall–Kier alpha value is -1.92. The van der Waals surface area contributed by atoms with Crippen molar-refractivity contribution in [3.63, 3.8) is 0 Å². The van der Waals surface area contributed by atoms with E-state index < -0.39 is 0 Å². The summed E-state index contributed by atoms with van der Waals surface area (Å²) in [6, 6.07) is 7.84. The highest BCUT2D eigenvalue weighted by molar-refractivity contribution is 5.84. The van der Waals surface area contributed by atoms with Gasteiger partial charge in [-0.25, -0.2) is 0 Å². The summed E-state index contributed by atoms with van der Waals surface area (Å²) in [6.45, 7) is 3.35. The zero-order valence-corrected chi connectivity index (χ0v) is 13.5. The standard InChI is InChI=1S/C17H23N3O3/c1-18-17(22)15-10-13-4-2-3-5-14(13)11-20(15)12-16(21)19-6-8-23-9-7-19/h2-5,15H,6-12H2,1H3,(H,18,22)/t15-/m1/s1.